The van der Waals surface area contributed by atoms with E-state index in [0.29, 0.717) is 12.8 Å². The zero-order valence-corrected chi connectivity index (χ0v) is 17.4. The Morgan fingerprint density at radius 1 is 0.786 bits per heavy atom. The van der Waals surface area contributed by atoms with Gasteiger partial charge < -0.3 is 10.6 Å². The van der Waals surface area contributed by atoms with E-state index in [1.165, 1.54) is 0 Å². The minimum atomic E-state index is -4.55. The van der Waals surface area contributed by atoms with E-state index < -0.39 is 34.0 Å². The first kappa shape index (κ1) is 26.7. The predicted octanol–water partition coefficient (Wildman–Crippen LogP) is -0.310. The van der Waals surface area contributed by atoms with E-state index in [1.54, 1.807) is 0 Å². The first-order chi connectivity index (χ1) is 12.9. The summed E-state index contributed by atoms with van der Waals surface area (Å²) in [5.41, 5.74) is 0. The van der Waals surface area contributed by atoms with Gasteiger partial charge in [-0.3, -0.25) is 18.7 Å². The van der Waals surface area contributed by atoms with Crippen molar-refractivity contribution in [3.8, 4) is 0 Å². The van der Waals surface area contributed by atoms with Crippen molar-refractivity contribution < 1.29 is 43.9 Å². The summed E-state index contributed by atoms with van der Waals surface area (Å²) in [6.07, 6.45) is 1.51. The van der Waals surface area contributed by atoms with Crippen LogP contribution in [0, 0.1) is 11.8 Å². The maximum Gasteiger partial charge on any atom is 0.397 e. The molecule has 0 rings (SSSR count). The number of hydrogen-bond acceptors (Lipinski definition) is 8. The third-order valence-electron chi connectivity index (χ3n) is 3.92. The molecule has 0 aromatic carbocycles. The summed E-state index contributed by atoms with van der Waals surface area (Å²) in [4.78, 5) is 23.9. The molecule has 0 aromatic heterocycles. The molecule has 14 heteroatoms. The highest BCUT2D eigenvalue weighted by Crippen LogP contribution is 2.26. The normalized spacial score (nSPS) is 14.3. The predicted molar refractivity (Wildman–Crippen MR) is 97.8 cm³/mol. The van der Waals surface area contributed by atoms with E-state index in [4.69, 9.17) is 9.11 Å². The average Bonchev–Trinajstić information content (AvgIpc) is 2.57. The van der Waals surface area contributed by atoms with Crippen molar-refractivity contribution >= 4 is 32.6 Å². The summed E-state index contributed by atoms with van der Waals surface area (Å²) in [6, 6.07) is 0. The van der Waals surface area contributed by atoms with Gasteiger partial charge in [0.2, 0.25) is 11.8 Å². The van der Waals surface area contributed by atoms with E-state index in [1.807, 2.05) is 13.8 Å². The average molecular weight is 449 g/mol. The van der Waals surface area contributed by atoms with Crippen LogP contribution in [-0.4, -0.2) is 64.1 Å². The lowest BCUT2D eigenvalue weighted by atomic mass is 9.82. The summed E-state index contributed by atoms with van der Waals surface area (Å²) >= 11 is 0. The van der Waals surface area contributed by atoms with Crippen LogP contribution >= 0.6 is 0 Å². The lowest BCUT2D eigenvalue weighted by Gasteiger charge is -2.24. The Morgan fingerprint density at radius 2 is 1.11 bits per heavy atom. The molecule has 28 heavy (non-hydrogen) atoms. The number of amides is 2. The summed E-state index contributed by atoms with van der Waals surface area (Å²) in [6.45, 7) is 2.76. The molecule has 0 aliphatic heterocycles. The summed E-state index contributed by atoms with van der Waals surface area (Å²) in [7, 11) is -9.10. The van der Waals surface area contributed by atoms with Gasteiger partial charge in [0.05, 0.1) is 13.2 Å². The number of carbonyl (C=O) groups excluding carboxylic acids is 2. The second kappa shape index (κ2) is 13.0. The summed E-state index contributed by atoms with van der Waals surface area (Å²) < 4.78 is 66.7. The molecule has 4 N–H and O–H groups in total. The van der Waals surface area contributed by atoms with Gasteiger partial charge in [0, 0.05) is 25.9 Å². The maximum absolute atomic E-state index is 12.0. The van der Waals surface area contributed by atoms with Gasteiger partial charge in [-0.2, -0.15) is 16.8 Å². The molecule has 0 saturated carbocycles. The van der Waals surface area contributed by atoms with Crippen LogP contribution in [-0.2, 0) is 38.8 Å². The van der Waals surface area contributed by atoms with Crippen molar-refractivity contribution in [2.45, 2.75) is 39.5 Å². The van der Waals surface area contributed by atoms with Crippen molar-refractivity contribution in [2.24, 2.45) is 11.8 Å². The van der Waals surface area contributed by atoms with Gasteiger partial charge in [0.1, 0.15) is 0 Å². The van der Waals surface area contributed by atoms with Gasteiger partial charge in [-0.15, -0.1) is 0 Å². The van der Waals surface area contributed by atoms with E-state index in [-0.39, 0.29) is 49.6 Å². The number of hydrogen-bond donors (Lipinski definition) is 4. The molecular formula is C14H28N2O10S2. The van der Waals surface area contributed by atoms with Crippen LogP contribution in [0.1, 0.15) is 39.5 Å². The molecule has 0 spiro atoms. The molecule has 12 nitrogen and oxygen atoms in total. The highest BCUT2D eigenvalue weighted by molar-refractivity contribution is 7.81. The molecule has 2 amide bonds. The van der Waals surface area contributed by atoms with Crippen LogP contribution in [0.2, 0.25) is 0 Å². The summed E-state index contributed by atoms with van der Waals surface area (Å²) in [5.74, 6) is -0.892. The van der Waals surface area contributed by atoms with Crippen LogP contribution in [0.5, 0.6) is 0 Å². The first-order valence-electron chi connectivity index (χ1n) is 8.65. The van der Waals surface area contributed by atoms with E-state index in [9.17, 15) is 26.4 Å². The molecule has 2 atom stereocenters. The Balaban J connectivity index is 4.37. The topological polar surface area (TPSA) is 185 Å². The second-order valence-electron chi connectivity index (χ2n) is 5.94. The molecule has 0 fully saturated rings. The SMILES string of the molecule is CCC(CC(=O)NCCOS(=O)(=O)O)C(CC)CC(=O)NCCOS(=O)(=O)O. The quantitative estimate of drug-likeness (QED) is 0.191. The zero-order chi connectivity index (χ0) is 21.8. The fourth-order valence-electron chi connectivity index (χ4n) is 2.58. The Hall–Kier alpha value is -1.32. The molecule has 0 aliphatic rings. The second-order valence-corrected chi connectivity index (χ2v) is 8.13. The Kier molecular flexibility index (Phi) is 12.4. The molecule has 166 valence electrons. The fourth-order valence-corrected chi connectivity index (χ4v) is 3.17. The molecule has 0 radical (unpaired) electrons. The number of nitrogens with one attached hydrogen (secondary N) is 2. The Morgan fingerprint density at radius 3 is 1.36 bits per heavy atom. The highest BCUT2D eigenvalue weighted by atomic mass is 32.3. The Bertz CT molecular complexity index is 633. The van der Waals surface area contributed by atoms with Crippen molar-refractivity contribution in [1.29, 1.82) is 0 Å². The lowest BCUT2D eigenvalue weighted by molar-refractivity contribution is -0.125. The highest BCUT2D eigenvalue weighted by Gasteiger charge is 2.23. The molecular weight excluding hydrogens is 420 g/mol. The van der Waals surface area contributed by atoms with Gasteiger partial charge in [-0.05, 0) is 11.8 Å². The van der Waals surface area contributed by atoms with Crippen LogP contribution in [0.4, 0.5) is 0 Å². The van der Waals surface area contributed by atoms with E-state index in [2.05, 4.69) is 19.0 Å². The van der Waals surface area contributed by atoms with Gasteiger partial charge in [0.15, 0.2) is 0 Å². The van der Waals surface area contributed by atoms with E-state index >= 15 is 0 Å². The molecule has 0 heterocycles. The molecule has 0 saturated heterocycles. The van der Waals surface area contributed by atoms with Gasteiger partial charge in [-0.25, -0.2) is 8.37 Å². The van der Waals surface area contributed by atoms with Gasteiger partial charge >= 0.3 is 20.8 Å². The van der Waals surface area contributed by atoms with Crippen LogP contribution in [0.25, 0.3) is 0 Å². The van der Waals surface area contributed by atoms with Crippen molar-refractivity contribution in [2.75, 3.05) is 26.3 Å². The van der Waals surface area contributed by atoms with Crippen molar-refractivity contribution in [3.05, 3.63) is 0 Å². The fraction of sp³-hybridized carbons (Fsp3) is 0.857. The summed E-state index contributed by atoms with van der Waals surface area (Å²) in [5, 5.41) is 4.94. The van der Waals surface area contributed by atoms with Gasteiger partial charge in [-0.1, -0.05) is 26.7 Å². The number of rotatable bonds is 15. The van der Waals surface area contributed by atoms with Crippen molar-refractivity contribution in [3.63, 3.8) is 0 Å². The minimum Gasteiger partial charge on any atom is -0.354 e. The lowest BCUT2D eigenvalue weighted by Crippen LogP contribution is -2.33. The maximum atomic E-state index is 12.0. The van der Waals surface area contributed by atoms with Crippen molar-refractivity contribution in [1.82, 2.24) is 10.6 Å². The number of carbonyl (C=O) groups is 2. The van der Waals surface area contributed by atoms with Gasteiger partial charge in [0.25, 0.3) is 0 Å². The monoisotopic (exact) mass is 448 g/mol. The van der Waals surface area contributed by atoms with E-state index in [0.717, 1.165) is 0 Å². The molecule has 2 unspecified atom stereocenters. The van der Waals surface area contributed by atoms with Crippen LogP contribution in [0.3, 0.4) is 0 Å². The smallest absolute Gasteiger partial charge is 0.354 e. The largest absolute Gasteiger partial charge is 0.397 e. The first-order valence-corrected chi connectivity index (χ1v) is 11.4. The Labute approximate surface area is 165 Å². The third-order valence-corrected chi connectivity index (χ3v) is 4.85. The third kappa shape index (κ3) is 14.7. The standard InChI is InChI=1S/C14H28N2O10S2/c1-3-11(9-13(17)15-5-7-25-27(19,20)21)12(4-2)10-14(18)16-6-8-26-28(22,23)24/h11-12H,3-10H2,1-2H3,(H,15,17)(H,16,18)(H,19,20,21)(H,22,23,24). The van der Waals surface area contributed by atoms with Crippen LogP contribution in [0.15, 0.2) is 0 Å². The van der Waals surface area contributed by atoms with Crippen LogP contribution < -0.4 is 10.6 Å². The minimum absolute atomic E-state index is 0.0971. The molecule has 0 aliphatic carbocycles. The zero-order valence-electron chi connectivity index (χ0n) is 15.8. The molecule has 0 aromatic rings. The molecule has 0 bridgehead atoms.